The standard InChI is InChI=1S/C23H24O7/c1-2-21(24)28-17-9-4-3-8-16-27-19-12-14-20(15-13-19)29-23(26)30-22(25)18-10-6-5-7-11-18/h2,5-7,10-15H,1,3-4,8-9,16-17H2. The summed E-state index contributed by atoms with van der Waals surface area (Å²) >= 11 is 0. The Bertz CT molecular complexity index is 828. The van der Waals surface area contributed by atoms with E-state index in [9.17, 15) is 14.4 Å². The molecule has 0 aliphatic rings. The lowest BCUT2D eigenvalue weighted by Crippen LogP contribution is -2.16. The summed E-state index contributed by atoms with van der Waals surface area (Å²) in [6, 6.07) is 14.6. The zero-order chi connectivity index (χ0) is 21.6. The zero-order valence-electron chi connectivity index (χ0n) is 16.6. The predicted octanol–water partition coefficient (Wildman–Crippen LogP) is 4.71. The minimum absolute atomic E-state index is 0.238. The van der Waals surface area contributed by atoms with E-state index in [0.29, 0.717) is 19.0 Å². The first kappa shape index (κ1) is 22.7. The number of esters is 2. The molecule has 2 rings (SSSR count). The Balaban J connectivity index is 1.61. The van der Waals surface area contributed by atoms with Crippen LogP contribution in [-0.4, -0.2) is 31.3 Å². The third-order valence-corrected chi connectivity index (χ3v) is 3.93. The summed E-state index contributed by atoms with van der Waals surface area (Å²) in [6.45, 7) is 4.27. The molecule has 2 aromatic carbocycles. The van der Waals surface area contributed by atoms with Crippen molar-refractivity contribution in [2.75, 3.05) is 13.2 Å². The minimum atomic E-state index is -1.10. The van der Waals surface area contributed by atoms with Crippen LogP contribution in [0.4, 0.5) is 4.79 Å². The molecule has 0 fully saturated rings. The van der Waals surface area contributed by atoms with Crippen LogP contribution in [-0.2, 0) is 14.3 Å². The molecule has 0 atom stereocenters. The van der Waals surface area contributed by atoms with E-state index in [1.807, 2.05) is 0 Å². The van der Waals surface area contributed by atoms with Crippen molar-refractivity contribution in [1.29, 1.82) is 0 Å². The lowest BCUT2D eigenvalue weighted by Gasteiger charge is -2.08. The highest BCUT2D eigenvalue weighted by Crippen LogP contribution is 2.18. The van der Waals surface area contributed by atoms with Crippen LogP contribution in [0.2, 0.25) is 0 Å². The van der Waals surface area contributed by atoms with Gasteiger partial charge in [-0.3, -0.25) is 0 Å². The van der Waals surface area contributed by atoms with E-state index < -0.39 is 18.1 Å². The maximum Gasteiger partial charge on any atom is 0.521 e. The van der Waals surface area contributed by atoms with Gasteiger partial charge in [0.05, 0.1) is 18.8 Å². The van der Waals surface area contributed by atoms with Crippen molar-refractivity contribution in [1.82, 2.24) is 0 Å². The predicted molar refractivity (Wildman–Crippen MR) is 109 cm³/mol. The first-order valence-corrected chi connectivity index (χ1v) is 9.59. The van der Waals surface area contributed by atoms with Crippen molar-refractivity contribution in [2.45, 2.75) is 25.7 Å². The number of benzene rings is 2. The van der Waals surface area contributed by atoms with Gasteiger partial charge in [-0.1, -0.05) is 24.8 Å². The largest absolute Gasteiger partial charge is 0.521 e. The SMILES string of the molecule is C=CC(=O)OCCCCCCOc1ccc(OC(=O)OC(=O)c2ccccc2)cc1. The van der Waals surface area contributed by atoms with Gasteiger partial charge in [-0.15, -0.1) is 0 Å². The number of hydrogen-bond acceptors (Lipinski definition) is 7. The summed E-state index contributed by atoms with van der Waals surface area (Å²) in [5, 5.41) is 0. The molecule has 0 spiro atoms. The number of hydrogen-bond donors (Lipinski definition) is 0. The molecule has 0 bridgehead atoms. The van der Waals surface area contributed by atoms with E-state index >= 15 is 0 Å². The highest BCUT2D eigenvalue weighted by Gasteiger charge is 2.14. The average Bonchev–Trinajstić information content (AvgIpc) is 2.77. The molecule has 0 aromatic heterocycles. The highest BCUT2D eigenvalue weighted by molar-refractivity contribution is 5.95. The fourth-order valence-corrected chi connectivity index (χ4v) is 2.41. The molecule has 0 amide bonds. The van der Waals surface area contributed by atoms with E-state index in [-0.39, 0.29) is 11.3 Å². The van der Waals surface area contributed by atoms with E-state index in [1.54, 1.807) is 54.6 Å². The number of carbonyl (C=O) groups is 3. The van der Waals surface area contributed by atoms with Crippen LogP contribution in [0.3, 0.4) is 0 Å². The van der Waals surface area contributed by atoms with Gasteiger partial charge in [0.25, 0.3) is 0 Å². The van der Waals surface area contributed by atoms with Gasteiger partial charge in [-0.25, -0.2) is 14.4 Å². The molecule has 30 heavy (non-hydrogen) atoms. The van der Waals surface area contributed by atoms with Crippen LogP contribution in [0.15, 0.2) is 67.3 Å². The fourth-order valence-electron chi connectivity index (χ4n) is 2.41. The number of unbranched alkanes of at least 4 members (excludes halogenated alkanes) is 3. The van der Waals surface area contributed by atoms with Crippen LogP contribution < -0.4 is 9.47 Å². The summed E-state index contributed by atoms with van der Waals surface area (Å²) in [6.07, 6.45) is 3.60. The van der Waals surface area contributed by atoms with Crippen LogP contribution in [0, 0.1) is 0 Å². The van der Waals surface area contributed by atoms with Crippen molar-refractivity contribution < 1.29 is 33.3 Å². The molecule has 7 nitrogen and oxygen atoms in total. The Morgan fingerprint density at radius 2 is 1.43 bits per heavy atom. The average molecular weight is 412 g/mol. The Morgan fingerprint density at radius 3 is 2.10 bits per heavy atom. The minimum Gasteiger partial charge on any atom is -0.494 e. The van der Waals surface area contributed by atoms with Gasteiger partial charge in [0.2, 0.25) is 0 Å². The summed E-state index contributed by atoms with van der Waals surface area (Å²) in [4.78, 5) is 34.4. The molecule has 7 heteroatoms. The molecule has 0 heterocycles. The zero-order valence-corrected chi connectivity index (χ0v) is 16.6. The molecule has 158 valence electrons. The molecular weight excluding hydrogens is 388 g/mol. The van der Waals surface area contributed by atoms with Crippen molar-refractivity contribution in [3.63, 3.8) is 0 Å². The quantitative estimate of drug-likeness (QED) is 0.174. The van der Waals surface area contributed by atoms with E-state index in [2.05, 4.69) is 11.3 Å². The van der Waals surface area contributed by atoms with Gasteiger partial charge >= 0.3 is 18.1 Å². The first-order valence-electron chi connectivity index (χ1n) is 9.59. The summed E-state index contributed by atoms with van der Waals surface area (Å²) in [5.74, 6) is -0.306. The Morgan fingerprint density at radius 1 is 0.800 bits per heavy atom. The molecular formula is C23H24O7. The van der Waals surface area contributed by atoms with Gasteiger partial charge in [0.15, 0.2) is 0 Å². The normalized spacial score (nSPS) is 10.0. The van der Waals surface area contributed by atoms with Gasteiger partial charge in [0.1, 0.15) is 11.5 Å². The molecule has 0 radical (unpaired) electrons. The maximum absolute atomic E-state index is 11.8. The molecule has 2 aromatic rings. The second-order valence-corrected chi connectivity index (χ2v) is 6.21. The second-order valence-electron chi connectivity index (χ2n) is 6.21. The summed E-state index contributed by atoms with van der Waals surface area (Å²) < 4.78 is 20.2. The second kappa shape index (κ2) is 12.8. The first-order chi connectivity index (χ1) is 14.6. The molecule has 0 aliphatic carbocycles. The highest BCUT2D eigenvalue weighted by atomic mass is 16.7. The van der Waals surface area contributed by atoms with Crippen molar-refractivity contribution in [2.24, 2.45) is 0 Å². The van der Waals surface area contributed by atoms with E-state index in [0.717, 1.165) is 31.8 Å². The Hall–Kier alpha value is -3.61. The third kappa shape index (κ3) is 8.60. The number of ether oxygens (including phenoxy) is 4. The lowest BCUT2D eigenvalue weighted by atomic mass is 10.2. The Labute approximate surface area is 175 Å². The molecule has 0 N–H and O–H groups in total. The Kier molecular flexibility index (Phi) is 9.65. The topological polar surface area (TPSA) is 88.1 Å². The van der Waals surface area contributed by atoms with Gasteiger partial charge in [-0.05, 0) is 62.1 Å². The molecule has 0 saturated carbocycles. The van der Waals surface area contributed by atoms with Gasteiger partial charge in [0, 0.05) is 6.08 Å². The number of carbonyl (C=O) groups excluding carboxylic acids is 3. The lowest BCUT2D eigenvalue weighted by molar-refractivity contribution is -0.137. The van der Waals surface area contributed by atoms with Gasteiger partial charge in [-0.2, -0.15) is 0 Å². The van der Waals surface area contributed by atoms with Crippen molar-refractivity contribution >= 4 is 18.1 Å². The van der Waals surface area contributed by atoms with Crippen LogP contribution in [0.1, 0.15) is 36.0 Å². The van der Waals surface area contributed by atoms with Crippen LogP contribution in [0.25, 0.3) is 0 Å². The smallest absolute Gasteiger partial charge is 0.494 e. The monoisotopic (exact) mass is 412 g/mol. The third-order valence-electron chi connectivity index (χ3n) is 3.93. The van der Waals surface area contributed by atoms with E-state index in [4.69, 9.17) is 14.2 Å². The fraction of sp³-hybridized carbons (Fsp3) is 0.261. The number of rotatable bonds is 11. The molecule has 0 saturated heterocycles. The van der Waals surface area contributed by atoms with Gasteiger partial charge < -0.3 is 18.9 Å². The maximum atomic E-state index is 11.8. The molecule has 0 aliphatic heterocycles. The summed E-state index contributed by atoms with van der Waals surface area (Å²) in [5.41, 5.74) is 0.260. The van der Waals surface area contributed by atoms with E-state index in [1.165, 1.54) is 0 Å². The van der Waals surface area contributed by atoms with Crippen molar-refractivity contribution in [3.8, 4) is 11.5 Å². The van der Waals surface area contributed by atoms with Crippen LogP contribution in [0.5, 0.6) is 11.5 Å². The van der Waals surface area contributed by atoms with Crippen LogP contribution >= 0.6 is 0 Å². The summed E-state index contributed by atoms with van der Waals surface area (Å²) in [7, 11) is 0. The van der Waals surface area contributed by atoms with Crippen molar-refractivity contribution in [3.05, 3.63) is 72.8 Å². The molecule has 0 unspecified atom stereocenters.